The van der Waals surface area contributed by atoms with Crippen LogP contribution >= 0.6 is 0 Å². The molecule has 130 valence electrons. The van der Waals surface area contributed by atoms with Crippen molar-refractivity contribution in [3.05, 3.63) is 53.1 Å². The van der Waals surface area contributed by atoms with Gasteiger partial charge >= 0.3 is 0 Å². The minimum atomic E-state index is -3.85. The van der Waals surface area contributed by atoms with Gasteiger partial charge in [0.25, 0.3) is 0 Å². The van der Waals surface area contributed by atoms with E-state index in [4.69, 9.17) is 0 Å². The van der Waals surface area contributed by atoms with E-state index in [0.717, 1.165) is 48.1 Å². The average Bonchev–Trinajstić information content (AvgIpc) is 2.93. The topological polar surface area (TPSA) is 55.2 Å². The van der Waals surface area contributed by atoms with Crippen LogP contribution in [0.4, 0.5) is 8.78 Å². The second-order valence-electron chi connectivity index (χ2n) is 6.01. The first-order valence-electron chi connectivity index (χ1n) is 7.78. The summed E-state index contributed by atoms with van der Waals surface area (Å²) in [5.74, 6) is -1.47. The van der Waals surface area contributed by atoms with Crippen LogP contribution in [0.2, 0.25) is 0 Å². The van der Waals surface area contributed by atoms with Crippen molar-refractivity contribution in [3.8, 4) is 0 Å². The third-order valence-corrected chi connectivity index (χ3v) is 5.94. The number of hydrogen-bond donors (Lipinski definition) is 0. The second-order valence-corrected chi connectivity index (χ2v) is 8.09. The van der Waals surface area contributed by atoms with E-state index in [0.29, 0.717) is 5.69 Å². The average molecular weight is 355 g/mol. The van der Waals surface area contributed by atoms with E-state index in [1.165, 1.54) is 13.1 Å². The van der Waals surface area contributed by atoms with E-state index in [-0.39, 0.29) is 6.54 Å². The van der Waals surface area contributed by atoms with Crippen LogP contribution in [-0.2, 0) is 35.3 Å². The zero-order valence-electron chi connectivity index (χ0n) is 13.4. The highest BCUT2D eigenvalue weighted by Crippen LogP contribution is 2.19. The largest absolute Gasteiger partial charge is 0.335 e. The first-order valence-corrected chi connectivity index (χ1v) is 9.39. The van der Waals surface area contributed by atoms with Crippen LogP contribution in [0.1, 0.15) is 29.9 Å². The highest BCUT2D eigenvalue weighted by atomic mass is 32.2. The summed E-state index contributed by atoms with van der Waals surface area (Å²) < 4.78 is 55.3. The molecule has 0 spiro atoms. The van der Waals surface area contributed by atoms with Gasteiger partial charge in [-0.2, -0.15) is 4.31 Å². The molecule has 0 amide bonds. The molecule has 2 aromatic rings. The Labute approximate surface area is 140 Å². The van der Waals surface area contributed by atoms with Crippen LogP contribution in [0, 0.1) is 11.6 Å². The fraction of sp³-hybridized carbons (Fsp3) is 0.438. The molecular formula is C16H19F2N3O2S. The molecule has 1 aliphatic rings. The molecule has 0 saturated heterocycles. The van der Waals surface area contributed by atoms with Crippen molar-refractivity contribution in [2.24, 2.45) is 0 Å². The predicted molar refractivity (Wildman–Crippen MR) is 85.6 cm³/mol. The van der Waals surface area contributed by atoms with Gasteiger partial charge in [0.2, 0.25) is 10.0 Å². The molecule has 0 aliphatic carbocycles. The molecule has 0 bridgehead atoms. The Kier molecular flexibility index (Phi) is 4.69. The van der Waals surface area contributed by atoms with Crippen molar-refractivity contribution in [2.75, 3.05) is 7.05 Å². The van der Waals surface area contributed by atoms with Crippen molar-refractivity contribution in [1.82, 2.24) is 13.9 Å². The van der Waals surface area contributed by atoms with Gasteiger partial charge in [0.15, 0.2) is 0 Å². The molecule has 0 N–H and O–H groups in total. The van der Waals surface area contributed by atoms with Crippen LogP contribution in [0.25, 0.3) is 0 Å². The van der Waals surface area contributed by atoms with Crippen molar-refractivity contribution < 1.29 is 17.2 Å². The number of imidazole rings is 1. The molecular weight excluding hydrogens is 336 g/mol. The Morgan fingerprint density at radius 2 is 1.96 bits per heavy atom. The van der Waals surface area contributed by atoms with Gasteiger partial charge in [-0.25, -0.2) is 22.2 Å². The summed E-state index contributed by atoms with van der Waals surface area (Å²) in [5.41, 5.74) is 0.209. The molecule has 0 unspecified atom stereocenters. The van der Waals surface area contributed by atoms with Gasteiger partial charge < -0.3 is 4.57 Å². The summed E-state index contributed by atoms with van der Waals surface area (Å²) in [7, 11) is -2.46. The molecule has 24 heavy (non-hydrogen) atoms. The summed E-state index contributed by atoms with van der Waals surface area (Å²) in [6.07, 6.45) is 4.90. The molecule has 2 heterocycles. The van der Waals surface area contributed by atoms with Crippen molar-refractivity contribution in [2.45, 2.75) is 38.1 Å². The molecule has 1 aliphatic heterocycles. The third kappa shape index (κ3) is 3.49. The van der Waals surface area contributed by atoms with Gasteiger partial charge in [-0.3, -0.25) is 0 Å². The second kappa shape index (κ2) is 6.60. The summed E-state index contributed by atoms with van der Waals surface area (Å²) in [6.45, 7) is 0.970. The summed E-state index contributed by atoms with van der Waals surface area (Å²) >= 11 is 0. The van der Waals surface area contributed by atoms with E-state index in [2.05, 4.69) is 4.98 Å². The zero-order valence-corrected chi connectivity index (χ0v) is 14.2. The lowest BCUT2D eigenvalue weighted by atomic mass is 10.2. The van der Waals surface area contributed by atoms with Crippen molar-refractivity contribution >= 4 is 10.0 Å². The van der Waals surface area contributed by atoms with E-state index < -0.39 is 33.0 Å². The van der Waals surface area contributed by atoms with Crippen LogP contribution < -0.4 is 0 Å². The van der Waals surface area contributed by atoms with E-state index in [9.17, 15) is 17.2 Å². The number of benzene rings is 1. The third-order valence-electron chi connectivity index (χ3n) is 4.21. The lowest BCUT2D eigenvalue weighted by Gasteiger charge is -2.16. The Morgan fingerprint density at radius 1 is 1.25 bits per heavy atom. The predicted octanol–water partition coefficient (Wildman–Crippen LogP) is 2.46. The van der Waals surface area contributed by atoms with Crippen LogP contribution in [-0.4, -0.2) is 29.3 Å². The van der Waals surface area contributed by atoms with Crippen LogP contribution in [0.15, 0.2) is 24.4 Å². The molecule has 3 rings (SSSR count). The zero-order chi connectivity index (χ0) is 17.3. The van der Waals surface area contributed by atoms with E-state index in [1.807, 2.05) is 10.8 Å². The number of nitrogens with zero attached hydrogens (tertiary/aromatic N) is 3. The number of aromatic nitrogens is 2. The van der Waals surface area contributed by atoms with Crippen molar-refractivity contribution in [3.63, 3.8) is 0 Å². The maximum atomic E-state index is 13.7. The lowest BCUT2D eigenvalue weighted by Crippen LogP contribution is -2.28. The molecule has 1 aromatic carbocycles. The lowest BCUT2D eigenvalue weighted by molar-refractivity contribution is 0.458. The summed E-state index contributed by atoms with van der Waals surface area (Å²) in [6, 6.07) is 3.31. The highest BCUT2D eigenvalue weighted by Gasteiger charge is 2.24. The normalized spacial score (nSPS) is 14.8. The van der Waals surface area contributed by atoms with Gasteiger partial charge in [-0.1, -0.05) is 6.07 Å². The van der Waals surface area contributed by atoms with Gasteiger partial charge in [0.05, 0.1) is 18.0 Å². The SMILES string of the molecule is CN(Cc1cn2c(n1)CCCC2)S(=O)(=O)Cc1c(F)cccc1F. The maximum absolute atomic E-state index is 13.7. The minimum Gasteiger partial charge on any atom is -0.335 e. The fourth-order valence-corrected chi connectivity index (χ4v) is 4.03. The van der Waals surface area contributed by atoms with Crippen molar-refractivity contribution in [1.29, 1.82) is 0 Å². The molecule has 1 aromatic heterocycles. The van der Waals surface area contributed by atoms with Gasteiger partial charge in [0.1, 0.15) is 17.5 Å². The number of halogens is 2. The van der Waals surface area contributed by atoms with Crippen LogP contribution in [0.5, 0.6) is 0 Å². The quantitative estimate of drug-likeness (QED) is 0.828. The highest BCUT2D eigenvalue weighted by molar-refractivity contribution is 7.88. The molecule has 5 nitrogen and oxygen atoms in total. The monoisotopic (exact) mass is 355 g/mol. The number of aryl methyl sites for hydroxylation is 2. The summed E-state index contributed by atoms with van der Waals surface area (Å²) in [4.78, 5) is 4.46. The molecule has 8 heteroatoms. The van der Waals surface area contributed by atoms with Gasteiger partial charge in [-0.15, -0.1) is 0 Å². The Morgan fingerprint density at radius 3 is 2.62 bits per heavy atom. The van der Waals surface area contributed by atoms with E-state index >= 15 is 0 Å². The van der Waals surface area contributed by atoms with Gasteiger partial charge in [0, 0.05) is 31.8 Å². The Balaban J connectivity index is 1.76. The first kappa shape index (κ1) is 17.0. The smallest absolute Gasteiger partial charge is 0.218 e. The number of fused-ring (bicyclic) bond motifs is 1. The van der Waals surface area contributed by atoms with E-state index in [1.54, 1.807) is 0 Å². The Hall–Kier alpha value is -1.80. The maximum Gasteiger partial charge on any atom is 0.218 e. The fourth-order valence-electron chi connectivity index (χ4n) is 2.84. The molecule has 0 radical (unpaired) electrons. The number of rotatable bonds is 5. The number of sulfonamides is 1. The standard InChI is InChI=1S/C16H19F2N3O2S/c1-20(9-12-10-21-8-3-2-7-16(21)19-12)24(22,23)11-13-14(17)5-4-6-15(13)18/h4-6,10H,2-3,7-9,11H2,1H3. The first-order chi connectivity index (χ1) is 11.4. The molecule has 0 saturated carbocycles. The van der Waals surface area contributed by atoms with Gasteiger partial charge in [-0.05, 0) is 25.0 Å². The van der Waals surface area contributed by atoms with Crippen LogP contribution in [0.3, 0.4) is 0 Å². The Bertz CT molecular complexity index is 805. The molecule has 0 atom stereocenters. The molecule has 0 fully saturated rings. The number of hydrogen-bond acceptors (Lipinski definition) is 3. The summed E-state index contributed by atoms with van der Waals surface area (Å²) in [5, 5.41) is 0. The minimum absolute atomic E-state index is 0.0818.